The Hall–Kier alpha value is -3.66. The van der Waals surface area contributed by atoms with Crippen LogP contribution in [-0.2, 0) is 13.0 Å². The molecule has 0 spiro atoms. The van der Waals surface area contributed by atoms with Gasteiger partial charge in [-0.2, -0.15) is 4.40 Å². The maximum atomic E-state index is 13.3. The highest BCUT2D eigenvalue weighted by atomic mass is 16.3. The van der Waals surface area contributed by atoms with Crippen molar-refractivity contribution in [2.75, 3.05) is 0 Å². The van der Waals surface area contributed by atoms with Gasteiger partial charge >= 0.3 is 5.56 Å². The van der Waals surface area contributed by atoms with E-state index < -0.39 is 0 Å². The van der Waals surface area contributed by atoms with Crippen molar-refractivity contribution in [1.82, 2.24) is 4.40 Å². The number of nitrogens with zero attached hydrogens (tertiary/aromatic N) is 2. The molecule has 0 amide bonds. The van der Waals surface area contributed by atoms with E-state index in [-0.39, 0.29) is 17.0 Å². The number of hydrogen-bond acceptors (Lipinski definition) is 2. The predicted molar refractivity (Wildman–Crippen MR) is 113 cm³/mol. The van der Waals surface area contributed by atoms with E-state index in [0.29, 0.717) is 18.6 Å². The van der Waals surface area contributed by atoms with Gasteiger partial charge in [-0.3, -0.25) is 0 Å². The van der Waals surface area contributed by atoms with Crippen molar-refractivity contribution in [3.63, 3.8) is 0 Å². The Morgan fingerprint density at radius 2 is 1.62 bits per heavy atom. The normalized spacial score (nSPS) is 11.7. The Kier molecular flexibility index (Phi) is 5.25. The summed E-state index contributed by atoms with van der Waals surface area (Å²) in [5.41, 5.74) is 3.69. The van der Waals surface area contributed by atoms with Crippen LogP contribution in [0.15, 0.2) is 95.4 Å². The second-order valence-electron chi connectivity index (χ2n) is 7.17. The van der Waals surface area contributed by atoms with E-state index in [2.05, 4.69) is 6.08 Å². The lowest BCUT2D eigenvalue weighted by molar-refractivity contribution is -0.709. The first-order valence-corrected chi connectivity index (χ1v) is 9.63. The largest absolute Gasteiger partial charge is 0.842 e. The van der Waals surface area contributed by atoms with Crippen molar-refractivity contribution < 1.29 is 9.67 Å². The Morgan fingerprint density at radius 1 is 0.966 bits per heavy atom. The molecule has 0 N–H and O–H groups in total. The second-order valence-corrected chi connectivity index (χ2v) is 7.17. The maximum Gasteiger partial charge on any atom is 0.345 e. The molecule has 2 aromatic carbocycles. The second kappa shape index (κ2) is 8.15. The molecule has 0 radical (unpaired) electrons. The highest BCUT2D eigenvalue weighted by Gasteiger charge is 2.18. The average molecular weight is 382 g/mol. The SMILES string of the molecule is C/C(=C\c1ccccc1)C[n+]1c([O-])c(Cc2ccccc2)c(=O)n2ccccc21. The first-order valence-electron chi connectivity index (χ1n) is 9.63. The third kappa shape index (κ3) is 3.97. The fourth-order valence-corrected chi connectivity index (χ4v) is 3.56. The van der Waals surface area contributed by atoms with Gasteiger partial charge in [0.15, 0.2) is 0 Å². The highest BCUT2D eigenvalue weighted by Crippen LogP contribution is 2.14. The molecule has 0 atom stereocenters. The van der Waals surface area contributed by atoms with Crippen molar-refractivity contribution in [2.24, 2.45) is 0 Å². The molecular weight excluding hydrogens is 360 g/mol. The van der Waals surface area contributed by atoms with Crippen LogP contribution in [0, 0.1) is 0 Å². The quantitative estimate of drug-likeness (QED) is 0.497. The fourth-order valence-electron chi connectivity index (χ4n) is 3.56. The van der Waals surface area contributed by atoms with Crippen LogP contribution in [0.1, 0.15) is 23.6 Å². The van der Waals surface area contributed by atoms with Gasteiger partial charge in [0.1, 0.15) is 6.54 Å². The van der Waals surface area contributed by atoms with Gasteiger partial charge in [-0.15, -0.1) is 0 Å². The standard InChI is InChI=1S/C25H22N2O2/c1-19(16-20-10-4-2-5-11-20)18-27-23-14-8-9-15-26(23)24(28)22(25(27)29)17-21-12-6-3-7-13-21/h2-16H,17-18H2,1H3/b19-16+. The summed E-state index contributed by atoms with van der Waals surface area (Å²) in [5, 5.41) is 13.3. The van der Waals surface area contributed by atoms with Gasteiger partial charge in [0.2, 0.25) is 0 Å². The maximum absolute atomic E-state index is 13.3. The predicted octanol–water partition coefficient (Wildman–Crippen LogP) is 3.35. The molecule has 2 heterocycles. The molecule has 29 heavy (non-hydrogen) atoms. The zero-order chi connectivity index (χ0) is 20.2. The summed E-state index contributed by atoms with van der Waals surface area (Å²) in [7, 11) is 0. The molecule has 4 nitrogen and oxygen atoms in total. The molecule has 0 saturated carbocycles. The first kappa shape index (κ1) is 18.7. The van der Waals surface area contributed by atoms with Gasteiger partial charge in [-0.1, -0.05) is 72.8 Å². The first-order chi connectivity index (χ1) is 14.1. The molecular formula is C25H22N2O2. The van der Waals surface area contributed by atoms with Gasteiger partial charge in [0.25, 0.3) is 5.65 Å². The third-order valence-electron chi connectivity index (χ3n) is 4.94. The Morgan fingerprint density at radius 3 is 2.34 bits per heavy atom. The third-order valence-corrected chi connectivity index (χ3v) is 4.94. The Bertz CT molecular complexity index is 1230. The average Bonchev–Trinajstić information content (AvgIpc) is 2.75. The lowest BCUT2D eigenvalue weighted by Crippen LogP contribution is -2.45. The van der Waals surface area contributed by atoms with E-state index in [1.54, 1.807) is 15.2 Å². The summed E-state index contributed by atoms with van der Waals surface area (Å²) >= 11 is 0. The smallest absolute Gasteiger partial charge is 0.345 e. The zero-order valence-electron chi connectivity index (χ0n) is 16.3. The minimum absolute atomic E-state index is 0.231. The molecule has 4 heteroatoms. The lowest BCUT2D eigenvalue weighted by Gasteiger charge is -2.17. The monoisotopic (exact) mass is 382 g/mol. The van der Waals surface area contributed by atoms with E-state index in [4.69, 9.17) is 0 Å². The van der Waals surface area contributed by atoms with Crippen molar-refractivity contribution >= 4 is 11.7 Å². The summed E-state index contributed by atoms with van der Waals surface area (Å²) in [5.74, 6) is -0.231. The number of benzene rings is 2. The minimum Gasteiger partial charge on any atom is -0.842 e. The van der Waals surface area contributed by atoms with Crippen LogP contribution < -0.4 is 15.2 Å². The molecule has 0 aliphatic heterocycles. The van der Waals surface area contributed by atoms with Crippen molar-refractivity contribution in [1.29, 1.82) is 0 Å². The molecule has 0 bridgehead atoms. The fraction of sp³-hybridized carbons (Fsp3) is 0.120. The molecule has 0 aliphatic carbocycles. The number of aromatic nitrogens is 2. The van der Waals surface area contributed by atoms with Crippen molar-refractivity contribution in [3.05, 3.63) is 118 Å². The van der Waals surface area contributed by atoms with Crippen molar-refractivity contribution in [2.45, 2.75) is 19.9 Å². The number of rotatable bonds is 5. The van der Waals surface area contributed by atoms with Gasteiger partial charge in [0, 0.05) is 12.5 Å². The van der Waals surface area contributed by atoms with Crippen LogP contribution in [-0.4, -0.2) is 4.40 Å². The molecule has 0 saturated heterocycles. The van der Waals surface area contributed by atoms with E-state index >= 15 is 0 Å². The van der Waals surface area contributed by atoms with Gasteiger partial charge in [0.05, 0.1) is 17.6 Å². The summed E-state index contributed by atoms with van der Waals surface area (Å²) in [6, 6.07) is 25.1. The zero-order valence-corrected chi connectivity index (χ0v) is 16.3. The van der Waals surface area contributed by atoms with Crippen LogP contribution in [0.25, 0.3) is 11.7 Å². The molecule has 0 fully saturated rings. The minimum atomic E-state index is -0.254. The molecule has 144 valence electrons. The Balaban J connectivity index is 1.82. The van der Waals surface area contributed by atoms with Crippen LogP contribution in [0.4, 0.5) is 0 Å². The molecule has 4 aromatic rings. The summed E-state index contributed by atoms with van der Waals surface area (Å²) in [4.78, 5) is 13.0. The molecule has 2 aromatic heterocycles. The van der Waals surface area contributed by atoms with Gasteiger partial charge in [-0.05, 0) is 29.7 Å². The van der Waals surface area contributed by atoms with Crippen LogP contribution in [0.5, 0.6) is 5.88 Å². The molecule has 4 rings (SSSR count). The molecule has 0 unspecified atom stereocenters. The lowest BCUT2D eigenvalue weighted by atomic mass is 10.1. The van der Waals surface area contributed by atoms with Crippen LogP contribution >= 0.6 is 0 Å². The van der Waals surface area contributed by atoms with Gasteiger partial charge < -0.3 is 5.11 Å². The molecule has 0 aliphatic rings. The Labute approximate surface area is 169 Å². The highest BCUT2D eigenvalue weighted by molar-refractivity contribution is 5.51. The van der Waals surface area contributed by atoms with Gasteiger partial charge in [-0.25, -0.2) is 9.36 Å². The van der Waals surface area contributed by atoms with E-state index in [9.17, 15) is 9.90 Å². The summed E-state index contributed by atoms with van der Waals surface area (Å²) in [6.45, 7) is 2.42. The summed E-state index contributed by atoms with van der Waals surface area (Å²) < 4.78 is 3.25. The van der Waals surface area contributed by atoms with Crippen LogP contribution in [0.2, 0.25) is 0 Å². The number of fused-ring (bicyclic) bond motifs is 1. The van der Waals surface area contributed by atoms with Crippen LogP contribution in [0.3, 0.4) is 0 Å². The number of hydrogen-bond donors (Lipinski definition) is 0. The van der Waals surface area contributed by atoms with E-state index in [1.165, 1.54) is 0 Å². The van der Waals surface area contributed by atoms with Crippen molar-refractivity contribution in [3.8, 4) is 5.88 Å². The number of pyridine rings is 1. The number of allylic oxidation sites excluding steroid dienone is 1. The van der Waals surface area contributed by atoms with E-state index in [0.717, 1.165) is 16.7 Å². The summed E-state index contributed by atoms with van der Waals surface area (Å²) in [6.07, 6.45) is 4.10. The topological polar surface area (TPSA) is 48.4 Å². The van der Waals surface area contributed by atoms with E-state index in [1.807, 2.05) is 85.8 Å².